The van der Waals surface area contributed by atoms with Gasteiger partial charge in [0.25, 0.3) is 0 Å². The molecule has 0 aliphatic carbocycles. The molecule has 6 heteroatoms. The van der Waals surface area contributed by atoms with Gasteiger partial charge in [0.2, 0.25) is 10.0 Å². The molecular weight excluding hydrogens is 230 g/mol. The zero-order valence-electron chi connectivity index (χ0n) is 9.17. The van der Waals surface area contributed by atoms with E-state index in [-0.39, 0.29) is 23.3 Å². The van der Waals surface area contributed by atoms with Gasteiger partial charge in [-0.3, -0.25) is 0 Å². The lowest BCUT2D eigenvalue weighted by Crippen LogP contribution is -2.31. The molecule has 1 rings (SSSR count). The number of ether oxygens (including phenoxy) is 1. The Hall–Kier alpha value is -1.11. The van der Waals surface area contributed by atoms with Gasteiger partial charge in [-0.2, -0.15) is 0 Å². The van der Waals surface area contributed by atoms with Gasteiger partial charge in [-0.25, -0.2) is 13.1 Å². The summed E-state index contributed by atoms with van der Waals surface area (Å²) in [5.41, 5.74) is 0. The van der Waals surface area contributed by atoms with Gasteiger partial charge in [-0.05, 0) is 19.1 Å². The Labute approximate surface area is 95.1 Å². The van der Waals surface area contributed by atoms with Gasteiger partial charge < -0.3 is 9.84 Å². The second kappa shape index (κ2) is 5.29. The minimum Gasteiger partial charge on any atom is -0.507 e. The maximum Gasteiger partial charge on any atom is 0.244 e. The fourth-order valence-corrected chi connectivity index (χ4v) is 2.28. The summed E-state index contributed by atoms with van der Waals surface area (Å²) in [5, 5.41) is 9.42. The van der Waals surface area contributed by atoms with E-state index in [1.54, 1.807) is 19.1 Å². The van der Waals surface area contributed by atoms with Crippen molar-refractivity contribution in [2.75, 3.05) is 13.7 Å². The number of aromatic hydroxyl groups is 1. The summed E-state index contributed by atoms with van der Waals surface area (Å²) in [5.74, 6) is -0.264. The average Bonchev–Trinajstić information content (AvgIpc) is 2.26. The van der Waals surface area contributed by atoms with Gasteiger partial charge in [0.05, 0.1) is 6.10 Å². The van der Waals surface area contributed by atoms with E-state index in [1.165, 1.54) is 19.2 Å². The molecule has 1 aromatic rings. The first kappa shape index (κ1) is 13.0. The maximum atomic E-state index is 11.7. The summed E-state index contributed by atoms with van der Waals surface area (Å²) >= 11 is 0. The van der Waals surface area contributed by atoms with Gasteiger partial charge in [0.15, 0.2) is 0 Å². The number of benzene rings is 1. The number of methoxy groups -OCH3 is 1. The Morgan fingerprint density at radius 2 is 2.06 bits per heavy atom. The summed E-state index contributed by atoms with van der Waals surface area (Å²) in [6, 6.07) is 5.78. The minimum atomic E-state index is -3.68. The topological polar surface area (TPSA) is 75.6 Å². The first-order chi connectivity index (χ1) is 7.47. The Morgan fingerprint density at radius 3 is 2.62 bits per heavy atom. The van der Waals surface area contributed by atoms with Crippen LogP contribution in [0.15, 0.2) is 29.2 Å². The van der Waals surface area contributed by atoms with Crippen molar-refractivity contribution in [1.82, 2.24) is 4.72 Å². The summed E-state index contributed by atoms with van der Waals surface area (Å²) in [6.07, 6.45) is -0.222. The van der Waals surface area contributed by atoms with Crippen LogP contribution >= 0.6 is 0 Å². The van der Waals surface area contributed by atoms with Crippen LogP contribution in [0.5, 0.6) is 5.75 Å². The molecule has 0 radical (unpaired) electrons. The van der Waals surface area contributed by atoms with Crippen molar-refractivity contribution in [3.8, 4) is 5.75 Å². The molecule has 0 aliphatic rings. The van der Waals surface area contributed by atoms with Crippen molar-refractivity contribution in [2.45, 2.75) is 17.9 Å². The van der Waals surface area contributed by atoms with Crippen LogP contribution in [0.2, 0.25) is 0 Å². The highest BCUT2D eigenvalue weighted by molar-refractivity contribution is 7.89. The Morgan fingerprint density at radius 1 is 1.44 bits per heavy atom. The second-order valence-corrected chi connectivity index (χ2v) is 5.10. The monoisotopic (exact) mass is 245 g/mol. The molecule has 5 nitrogen and oxygen atoms in total. The molecule has 0 bridgehead atoms. The third kappa shape index (κ3) is 3.19. The summed E-state index contributed by atoms with van der Waals surface area (Å²) in [7, 11) is -2.18. The smallest absolute Gasteiger partial charge is 0.244 e. The van der Waals surface area contributed by atoms with Crippen LogP contribution in [0.1, 0.15) is 6.92 Å². The fraction of sp³-hybridized carbons (Fsp3) is 0.400. The number of phenolic OH excluding ortho intramolecular Hbond substituents is 1. The van der Waals surface area contributed by atoms with Crippen LogP contribution < -0.4 is 4.72 Å². The third-order valence-corrected chi connectivity index (χ3v) is 3.59. The van der Waals surface area contributed by atoms with Gasteiger partial charge in [-0.1, -0.05) is 12.1 Å². The van der Waals surface area contributed by atoms with Gasteiger partial charge in [-0.15, -0.1) is 0 Å². The molecule has 0 saturated heterocycles. The van der Waals surface area contributed by atoms with Crippen molar-refractivity contribution in [2.24, 2.45) is 0 Å². The Balaban J connectivity index is 2.83. The van der Waals surface area contributed by atoms with Crippen LogP contribution in [0.3, 0.4) is 0 Å². The van der Waals surface area contributed by atoms with Crippen LogP contribution in [-0.4, -0.2) is 33.3 Å². The number of sulfonamides is 1. The van der Waals surface area contributed by atoms with Crippen molar-refractivity contribution >= 4 is 10.0 Å². The zero-order valence-corrected chi connectivity index (χ0v) is 9.99. The second-order valence-electron chi connectivity index (χ2n) is 3.37. The van der Waals surface area contributed by atoms with Crippen molar-refractivity contribution in [3.05, 3.63) is 24.3 Å². The molecule has 0 aromatic heterocycles. The molecule has 1 unspecified atom stereocenters. The van der Waals surface area contributed by atoms with Crippen molar-refractivity contribution in [1.29, 1.82) is 0 Å². The zero-order chi connectivity index (χ0) is 12.2. The molecule has 0 amide bonds. The highest BCUT2D eigenvalue weighted by Gasteiger charge is 2.18. The van der Waals surface area contributed by atoms with E-state index >= 15 is 0 Å². The number of hydrogen-bond acceptors (Lipinski definition) is 4. The first-order valence-corrected chi connectivity index (χ1v) is 6.26. The highest BCUT2D eigenvalue weighted by Crippen LogP contribution is 2.20. The number of phenols is 1. The lowest BCUT2D eigenvalue weighted by Gasteiger charge is -2.11. The molecule has 0 heterocycles. The van der Waals surface area contributed by atoms with E-state index in [0.717, 1.165) is 0 Å². The van der Waals surface area contributed by atoms with Gasteiger partial charge in [0, 0.05) is 13.7 Å². The minimum absolute atomic E-state index is 0.127. The van der Waals surface area contributed by atoms with E-state index in [2.05, 4.69) is 4.72 Å². The Kier molecular flexibility index (Phi) is 4.28. The largest absolute Gasteiger partial charge is 0.507 e. The molecule has 90 valence electrons. The summed E-state index contributed by atoms with van der Waals surface area (Å²) in [6.45, 7) is 1.90. The molecule has 16 heavy (non-hydrogen) atoms. The average molecular weight is 245 g/mol. The van der Waals surface area contributed by atoms with Gasteiger partial charge >= 0.3 is 0 Å². The summed E-state index contributed by atoms with van der Waals surface area (Å²) in [4.78, 5) is -0.127. The van der Waals surface area contributed by atoms with Crippen LogP contribution in [0.4, 0.5) is 0 Å². The molecule has 0 aliphatic heterocycles. The first-order valence-electron chi connectivity index (χ1n) is 4.78. The molecule has 0 saturated carbocycles. The predicted molar refractivity (Wildman–Crippen MR) is 59.8 cm³/mol. The van der Waals surface area contributed by atoms with E-state index in [1.807, 2.05) is 0 Å². The Bertz CT molecular complexity index is 444. The molecule has 2 N–H and O–H groups in total. The van der Waals surface area contributed by atoms with Crippen LogP contribution in [0.25, 0.3) is 0 Å². The SMILES string of the molecule is COC(C)CNS(=O)(=O)c1ccccc1O. The lowest BCUT2D eigenvalue weighted by atomic mass is 10.3. The lowest BCUT2D eigenvalue weighted by molar-refractivity contribution is 0.122. The van der Waals surface area contributed by atoms with Crippen LogP contribution in [0, 0.1) is 0 Å². The molecule has 1 aromatic carbocycles. The fourth-order valence-electron chi connectivity index (χ4n) is 1.07. The quantitative estimate of drug-likeness (QED) is 0.801. The standard InChI is InChI=1S/C10H15NO4S/c1-8(15-2)7-11-16(13,14)10-6-4-3-5-9(10)12/h3-6,8,11-12H,7H2,1-2H3. The number of nitrogens with one attached hydrogen (secondary N) is 1. The molecule has 1 atom stereocenters. The van der Waals surface area contributed by atoms with Crippen molar-refractivity contribution in [3.63, 3.8) is 0 Å². The molecule has 0 fully saturated rings. The molecular formula is C10H15NO4S. The number of hydrogen-bond donors (Lipinski definition) is 2. The van der Waals surface area contributed by atoms with E-state index in [4.69, 9.17) is 4.74 Å². The van der Waals surface area contributed by atoms with Gasteiger partial charge in [0.1, 0.15) is 10.6 Å². The van der Waals surface area contributed by atoms with Crippen molar-refractivity contribution < 1.29 is 18.3 Å². The van der Waals surface area contributed by atoms with E-state index in [9.17, 15) is 13.5 Å². The number of rotatable bonds is 5. The highest BCUT2D eigenvalue weighted by atomic mass is 32.2. The predicted octanol–water partition coefficient (Wildman–Crippen LogP) is 0.705. The number of para-hydroxylation sites is 1. The third-order valence-electron chi connectivity index (χ3n) is 2.12. The van der Waals surface area contributed by atoms with Crippen LogP contribution in [-0.2, 0) is 14.8 Å². The summed E-state index contributed by atoms with van der Waals surface area (Å²) < 4.78 is 30.8. The normalized spacial score (nSPS) is 13.6. The van der Waals surface area contributed by atoms with E-state index < -0.39 is 10.0 Å². The van der Waals surface area contributed by atoms with E-state index in [0.29, 0.717) is 0 Å². The molecule has 0 spiro atoms. The maximum absolute atomic E-state index is 11.7.